The molecule has 13 heteroatoms. The molecule has 0 unspecified atom stereocenters. The summed E-state index contributed by atoms with van der Waals surface area (Å²) in [5.74, 6) is -2.62. The Morgan fingerprint density at radius 2 is 1.87 bits per heavy atom. The molecule has 3 heterocycles. The molecular formula is C33H39FN4O7S. The lowest BCUT2D eigenvalue weighted by atomic mass is 9.92. The first-order chi connectivity index (χ1) is 21.7. The summed E-state index contributed by atoms with van der Waals surface area (Å²) in [6.45, 7) is 8.89. The maximum Gasteiger partial charge on any atom is 0.341 e. The number of sulfonamides is 1. The number of nitrogens with zero attached hydrogens (tertiary/aromatic N) is 3. The molecule has 1 saturated carbocycles. The first kappa shape index (κ1) is 32.1. The van der Waals surface area contributed by atoms with E-state index in [0.29, 0.717) is 43.6 Å². The predicted molar refractivity (Wildman–Crippen MR) is 171 cm³/mol. The smallest absolute Gasteiger partial charge is 0.341 e. The summed E-state index contributed by atoms with van der Waals surface area (Å²) >= 11 is 0. The number of benzene rings is 2. The lowest BCUT2D eigenvalue weighted by Gasteiger charge is -2.41. The van der Waals surface area contributed by atoms with Crippen LogP contribution in [0.3, 0.4) is 0 Å². The molecule has 2 amide bonds. The highest BCUT2D eigenvalue weighted by atomic mass is 32.2. The number of methoxy groups -OCH3 is 1. The minimum Gasteiger partial charge on any atom is -0.422 e. The second-order valence-corrected chi connectivity index (χ2v) is 15.2. The van der Waals surface area contributed by atoms with Crippen molar-refractivity contribution in [1.29, 1.82) is 0 Å². The molecule has 1 aromatic heterocycles. The summed E-state index contributed by atoms with van der Waals surface area (Å²) in [5, 5.41) is 0.877. The van der Waals surface area contributed by atoms with E-state index >= 15 is 4.39 Å². The molecule has 1 aliphatic carbocycles. The number of rotatable bonds is 7. The van der Waals surface area contributed by atoms with E-state index in [1.54, 1.807) is 7.11 Å². The van der Waals surface area contributed by atoms with Crippen LogP contribution in [0, 0.1) is 19.7 Å². The molecule has 11 nitrogen and oxygen atoms in total. The highest BCUT2D eigenvalue weighted by Gasteiger charge is 2.51. The van der Waals surface area contributed by atoms with Gasteiger partial charge in [-0.3, -0.25) is 14.5 Å². The van der Waals surface area contributed by atoms with E-state index in [-0.39, 0.29) is 18.2 Å². The molecule has 2 fully saturated rings. The van der Waals surface area contributed by atoms with Crippen LogP contribution >= 0.6 is 0 Å². The number of amides is 2. The van der Waals surface area contributed by atoms with Crippen molar-refractivity contribution in [2.75, 3.05) is 51.8 Å². The van der Waals surface area contributed by atoms with Crippen LogP contribution in [0.2, 0.25) is 0 Å². The highest BCUT2D eigenvalue weighted by Crippen LogP contribution is 2.42. The third-order valence-electron chi connectivity index (χ3n) is 9.84. The van der Waals surface area contributed by atoms with Gasteiger partial charge in [0, 0.05) is 55.5 Å². The van der Waals surface area contributed by atoms with Gasteiger partial charge in [-0.05, 0) is 82.5 Å². The number of likely N-dealkylation sites (N-methyl/N-ethyl adjacent to an activating group) is 1. The molecule has 6 rings (SSSR count). The van der Waals surface area contributed by atoms with Crippen molar-refractivity contribution in [2.24, 2.45) is 0 Å². The van der Waals surface area contributed by atoms with E-state index in [1.807, 2.05) is 18.6 Å². The normalized spacial score (nSPS) is 19.7. The summed E-state index contributed by atoms with van der Waals surface area (Å²) in [6.07, 6.45) is 1.25. The zero-order valence-corrected chi connectivity index (χ0v) is 27.6. The topological polar surface area (TPSA) is 129 Å². The number of anilines is 1. The third kappa shape index (κ3) is 5.58. The standard InChI is InChI=1S/C33H39FN4O7S/c1-19-14-27(37-13-12-36(4)22(16-37)18-44-5)20(2)29-28(19)23-8-11-38(17-25(23)32(41)45-29)31(40)21-6-7-24(26(34)15-21)30(39)35-46(42,43)33(3)9-10-33/h6-7,14-15,22H,8-13,16-18H2,1-5H3,(H,35,39)/t22-/m1/s1. The summed E-state index contributed by atoms with van der Waals surface area (Å²) < 4.78 is 52.1. The number of fused-ring (bicyclic) bond motifs is 3. The Morgan fingerprint density at radius 1 is 1.13 bits per heavy atom. The fraction of sp³-hybridized carbons (Fsp3) is 0.485. The van der Waals surface area contributed by atoms with Crippen molar-refractivity contribution in [3.05, 3.63) is 73.9 Å². The average Bonchev–Trinajstić information content (AvgIpc) is 3.78. The molecule has 46 heavy (non-hydrogen) atoms. The highest BCUT2D eigenvalue weighted by molar-refractivity contribution is 7.91. The Morgan fingerprint density at radius 3 is 2.54 bits per heavy atom. The van der Waals surface area contributed by atoms with Crippen molar-refractivity contribution >= 4 is 38.5 Å². The molecule has 2 aromatic carbocycles. The summed E-state index contributed by atoms with van der Waals surface area (Å²) in [5.41, 5.74) is 3.66. The van der Waals surface area contributed by atoms with Crippen LogP contribution in [0.1, 0.15) is 62.7 Å². The Kier molecular flexibility index (Phi) is 8.22. The van der Waals surface area contributed by atoms with Crippen LogP contribution in [0.5, 0.6) is 0 Å². The van der Waals surface area contributed by atoms with Crippen molar-refractivity contribution in [3.63, 3.8) is 0 Å². The van der Waals surface area contributed by atoms with E-state index in [4.69, 9.17) is 9.15 Å². The molecule has 0 bridgehead atoms. The van der Waals surface area contributed by atoms with Gasteiger partial charge in [-0.25, -0.2) is 22.3 Å². The van der Waals surface area contributed by atoms with Gasteiger partial charge in [-0.1, -0.05) is 0 Å². The largest absolute Gasteiger partial charge is 0.422 e. The number of hydrogen-bond acceptors (Lipinski definition) is 9. The SMILES string of the molecule is COC[C@H]1CN(c2cc(C)c3c4c(c(=O)oc3c2C)CN(C(=O)c2ccc(C(=O)NS(=O)(=O)C3(C)CC3)c(F)c2)CC4)CCN1C. The van der Waals surface area contributed by atoms with Gasteiger partial charge in [0.15, 0.2) is 0 Å². The number of carbonyl (C=O) groups excluding carboxylic acids is 2. The van der Waals surface area contributed by atoms with Crippen molar-refractivity contribution in [2.45, 2.75) is 57.4 Å². The second-order valence-electron chi connectivity index (χ2n) is 13.0. The number of ether oxygens (including phenoxy) is 1. The summed E-state index contributed by atoms with van der Waals surface area (Å²) in [7, 11) is -0.159. The second kappa shape index (κ2) is 11.8. The summed E-state index contributed by atoms with van der Waals surface area (Å²) in [6, 6.07) is 5.69. The van der Waals surface area contributed by atoms with Crippen LogP contribution < -0.4 is 15.2 Å². The van der Waals surface area contributed by atoms with Gasteiger partial charge >= 0.3 is 5.63 Å². The fourth-order valence-electron chi connectivity index (χ4n) is 6.55. The molecule has 1 saturated heterocycles. The predicted octanol–water partition coefficient (Wildman–Crippen LogP) is 3.13. The third-order valence-corrected chi connectivity index (χ3v) is 12.0. The van der Waals surface area contributed by atoms with E-state index in [1.165, 1.54) is 17.9 Å². The maximum atomic E-state index is 15.0. The van der Waals surface area contributed by atoms with E-state index in [0.717, 1.165) is 59.5 Å². The summed E-state index contributed by atoms with van der Waals surface area (Å²) in [4.78, 5) is 45.4. The maximum absolute atomic E-state index is 15.0. The number of hydrogen-bond donors (Lipinski definition) is 1. The number of piperazine rings is 1. The van der Waals surface area contributed by atoms with E-state index in [2.05, 4.69) is 22.9 Å². The number of nitrogens with one attached hydrogen (secondary N) is 1. The Hall–Kier alpha value is -3.81. The van der Waals surface area contributed by atoms with Gasteiger partial charge in [0.2, 0.25) is 10.0 Å². The van der Waals surface area contributed by atoms with Crippen LogP contribution in [0.15, 0.2) is 33.5 Å². The molecule has 1 atom stereocenters. The number of halogens is 1. The lowest BCUT2D eigenvalue weighted by Crippen LogP contribution is -2.53. The van der Waals surface area contributed by atoms with Crippen LogP contribution in [0.25, 0.3) is 11.0 Å². The van der Waals surface area contributed by atoms with Gasteiger partial charge in [0.25, 0.3) is 11.8 Å². The van der Waals surface area contributed by atoms with Gasteiger partial charge in [-0.2, -0.15) is 0 Å². The van der Waals surface area contributed by atoms with Crippen LogP contribution in [-0.2, 0) is 27.7 Å². The zero-order chi connectivity index (χ0) is 33.1. The molecule has 1 N–H and O–H groups in total. The van der Waals surface area contributed by atoms with Gasteiger partial charge in [-0.15, -0.1) is 0 Å². The van der Waals surface area contributed by atoms with Crippen LogP contribution in [0.4, 0.5) is 10.1 Å². The molecular weight excluding hydrogens is 615 g/mol. The molecule has 3 aromatic rings. The number of aryl methyl sites for hydroxylation is 2. The fourth-order valence-corrected chi connectivity index (χ4v) is 7.79. The Bertz CT molecular complexity index is 1920. The average molecular weight is 655 g/mol. The van der Waals surface area contributed by atoms with Crippen molar-refractivity contribution in [3.8, 4) is 0 Å². The lowest BCUT2D eigenvalue weighted by molar-refractivity contribution is 0.0731. The quantitative estimate of drug-likeness (QED) is 0.382. The van der Waals surface area contributed by atoms with E-state index in [9.17, 15) is 22.8 Å². The van der Waals surface area contributed by atoms with Crippen LogP contribution in [-0.4, -0.2) is 87.8 Å². The van der Waals surface area contributed by atoms with Gasteiger partial charge in [0.05, 0.1) is 35.1 Å². The minimum atomic E-state index is -3.95. The zero-order valence-electron chi connectivity index (χ0n) is 26.7. The minimum absolute atomic E-state index is 0.00941. The van der Waals surface area contributed by atoms with Crippen molar-refractivity contribution in [1.82, 2.24) is 14.5 Å². The van der Waals surface area contributed by atoms with Gasteiger partial charge < -0.3 is 19.0 Å². The number of carbonyl (C=O) groups is 2. The Labute approximate surface area is 267 Å². The molecule has 0 radical (unpaired) electrons. The van der Waals surface area contributed by atoms with E-state index < -0.39 is 43.6 Å². The molecule has 246 valence electrons. The first-order valence-corrected chi connectivity index (χ1v) is 16.9. The van der Waals surface area contributed by atoms with Gasteiger partial charge in [0.1, 0.15) is 11.4 Å². The molecule has 2 aliphatic heterocycles. The van der Waals surface area contributed by atoms with Crippen molar-refractivity contribution < 1.29 is 31.6 Å². The Balaban J connectivity index is 1.24. The monoisotopic (exact) mass is 654 g/mol. The molecule has 3 aliphatic rings. The first-order valence-electron chi connectivity index (χ1n) is 15.4. The molecule has 0 spiro atoms.